The molecule has 1 aliphatic heterocycles. The summed E-state index contributed by atoms with van der Waals surface area (Å²) in [4.78, 5) is 6.94. The molecule has 1 saturated carbocycles. The van der Waals surface area contributed by atoms with Crippen LogP contribution in [-0.4, -0.2) is 50.6 Å². The summed E-state index contributed by atoms with van der Waals surface area (Å²) in [5, 5.41) is 20.6. The summed E-state index contributed by atoms with van der Waals surface area (Å²) in [5.41, 5.74) is 10.1. The van der Waals surface area contributed by atoms with Gasteiger partial charge in [0.2, 0.25) is 0 Å². The summed E-state index contributed by atoms with van der Waals surface area (Å²) in [5.74, 6) is 1.90. The molecule has 1 aromatic carbocycles. The Balaban J connectivity index is 1.47. The second-order valence-electron chi connectivity index (χ2n) is 8.89. The van der Waals surface area contributed by atoms with Crippen molar-refractivity contribution in [1.82, 2.24) is 14.6 Å². The maximum absolute atomic E-state index is 12.1. The van der Waals surface area contributed by atoms with Gasteiger partial charge in [-0.2, -0.15) is 14.9 Å². The van der Waals surface area contributed by atoms with Gasteiger partial charge < -0.3 is 25.8 Å². The third-order valence-corrected chi connectivity index (χ3v) is 6.75. The molecule has 3 heterocycles. The highest BCUT2D eigenvalue weighted by atomic mass is 32.2. The van der Waals surface area contributed by atoms with Crippen LogP contribution in [0.1, 0.15) is 36.8 Å². The van der Waals surface area contributed by atoms with Gasteiger partial charge in [-0.1, -0.05) is 11.2 Å². The van der Waals surface area contributed by atoms with Crippen molar-refractivity contribution in [3.8, 4) is 6.07 Å². The van der Waals surface area contributed by atoms with Crippen LogP contribution in [0.4, 0.5) is 23.0 Å². The lowest BCUT2D eigenvalue weighted by atomic mass is 10.0. The Morgan fingerprint density at radius 2 is 2.15 bits per heavy atom. The molecule has 172 valence electrons. The molecule has 33 heavy (non-hydrogen) atoms. The molecule has 3 aromatic rings. The van der Waals surface area contributed by atoms with Crippen LogP contribution in [0.3, 0.4) is 0 Å². The van der Waals surface area contributed by atoms with Crippen LogP contribution in [0.5, 0.6) is 0 Å². The number of fused-ring (bicyclic) bond motifs is 1. The molecule has 0 spiro atoms. The third kappa shape index (κ3) is 4.85. The van der Waals surface area contributed by atoms with Crippen LogP contribution < -0.4 is 21.3 Å². The van der Waals surface area contributed by atoms with E-state index in [0.717, 1.165) is 61.5 Å². The summed E-state index contributed by atoms with van der Waals surface area (Å²) < 4.78 is 13.8. The fourth-order valence-electron chi connectivity index (χ4n) is 4.33. The van der Waals surface area contributed by atoms with Gasteiger partial charge in [-0.05, 0) is 43.9 Å². The van der Waals surface area contributed by atoms with Crippen molar-refractivity contribution in [2.45, 2.75) is 43.5 Å². The molecule has 0 unspecified atom stereocenters. The predicted molar refractivity (Wildman–Crippen MR) is 131 cm³/mol. The van der Waals surface area contributed by atoms with Crippen molar-refractivity contribution < 1.29 is 4.55 Å². The Bertz CT molecular complexity index is 1200. The van der Waals surface area contributed by atoms with E-state index >= 15 is 0 Å². The number of nitrogens with one attached hydrogen (secondary N) is 2. The van der Waals surface area contributed by atoms with Gasteiger partial charge in [0.05, 0.1) is 12.5 Å². The lowest BCUT2D eigenvalue weighted by molar-refractivity contribution is 0.505. The zero-order valence-electron chi connectivity index (χ0n) is 18.6. The first-order valence-corrected chi connectivity index (χ1v) is 13.0. The van der Waals surface area contributed by atoms with Crippen molar-refractivity contribution in [3.63, 3.8) is 0 Å². The molecule has 0 radical (unpaired) electrons. The van der Waals surface area contributed by atoms with Gasteiger partial charge in [-0.15, -0.1) is 0 Å². The number of benzene rings is 1. The summed E-state index contributed by atoms with van der Waals surface area (Å²) in [6.45, 7) is 1.76. The second kappa shape index (κ2) is 9.09. The molecule has 2 aliphatic rings. The standard InChI is InChI=1S/C23H28N8OS/c1-33(32)14-15-9-19(6-7-20(15)30-8-2-3-17(25)13-30)27-21-10-22(28-18-4-5-18)31-23(29-21)16(11-24)12-26-31/h6-7,9-10,12,17-18,28H,2-5,8,13-14,25H2,1H3,(H,27,29)/t17-,33-/m1/s1. The first-order valence-electron chi connectivity index (χ1n) is 11.3. The zero-order chi connectivity index (χ0) is 22.9. The van der Waals surface area contributed by atoms with Gasteiger partial charge in [0.25, 0.3) is 0 Å². The van der Waals surface area contributed by atoms with Gasteiger partial charge in [0.1, 0.15) is 29.0 Å². The van der Waals surface area contributed by atoms with Gasteiger partial charge >= 0.3 is 0 Å². The lowest BCUT2D eigenvalue weighted by Crippen LogP contribution is -2.43. The number of nitrogens with two attached hydrogens (primary N) is 1. The first-order chi connectivity index (χ1) is 16.0. The van der Waals surface area contributed by atoms with E-state index in [1.807, 2.05) is 18.2 Å². The van der Waals surface area contributed by atoms with Crippen molar-refractivity contribution >= 4 is 39.8 Å². The highest BCUT2D eigenvalue weighted by Gasteiger charge is 2.24. The average molecular weight is 465 g/mol. The van der Waals surface area contributed by atoms with Crippen LogP contribution in [-0.2, 0) is 16.9 Å². The number of nitriles is 1. The average Bonchev–Trinajstić information content (AvgIpc) is 3.49. The molecule has 4 N–H and O–H groups in total. The molecule has 5 rings (SSSR count). The fraction of sp³-hybridized carbons (Fsp3) is 0.435. The summed E-state index contributed by atoms with van der Waals surface area (Å²) in [7, 11) is 0. The normalized spacial score (nSPS) is 19.3. The van der Waals surface area contributed by atoms with Gasteiger partial charge in [0, 0.05) is 48.2 Å². The maximum Gasteiger partial charge on any atom is 0.177 e. The van der Waals surface area contributed by atoms with Crippen LogP contribution in [0.2, 0.25) is 0 Å². The highest BCUT2D eigenvalue weighted by molar-refractivity contribution is 7.89. The minimum absolute atomic E-state index is 0.162. The quantitative estimate of drug-likeness (QED) is 0.455. The minimum atomic E-state index is -0.975. The Morgan fingerprint density at radius 3 is 2.88 bits per heavy atom. The van der Waals surface area contributed by atoms with Gasteiger partial charge in [-0.3, -0.25) is 0 Å². The second-order valence-corrected chi connectivity index (χ2v) is 10.3. The smallest absolute Gasteiger partial charge is 0.177 e. The van der Waals surface area contributed by atoms with E-state index in [2.05, 4.69) is 37.8 Å². The van der Waals surface area contributed by atoms with Crippen LogP contribution in [0, 0.1) is 11.3 Å². The molecule has 2 aromatic heterocycles. The Hall–Kier alpha value is -3.00. The third-order valence-electron chi connectivity index (χ3n) is 6.03. The van der Waals surface area contributed by atoms with E-state index in [4.69, 9.17) is 5.73 Å². The topological polar surface area (TPSA) is 130 Å². The Morgan fingerprint density at radius 1 is 1.30 bits per heavy atom. The van der Waals surface area contributed by atoms with E-state index in [9.17, 15) is 9.81 Å². The predicted octanol–water partition coefficient (Wildman–Crippen LogP) is 2.72. The Kier molecular flexibility index (Phi) is 6.01. The number of hydrogen-bond donors (Lipinski definition) is 3. The number of aromatic nitrogens is 3. The summed E-state index contributed by atoms with van der Waals surface area (Å²) >= 11 is -0.975. The zero-order valence-corrected chi connectivity index (χ0v) is 19.4. The Labute approximate surface area is 196 Å². The molecule has 2 fully saturated rings. The number of nitrogens with zero attached hydrogens (tertiary/aromatic N) is 5. The van der Waals surface area contributed by atoms with E-state index in [1.54, 1.807) is 10.8 Å². The van der Waals surface area contributed by atoms with Crippen molar-refractivity contribution in [1.29, 1.82) is 5.26 Å². The van der Waals surface area contributed by atoms with E-state index in [0.29, 0.717) is 28.8 Å². The molecule has 0 bridgehead atoms. The lowest BCUT2D eigenvalue weighted by Gasteiger charge is -2.34. The number of hydrogen-bond acceptors (Lipinski definition) is 8. The molecule has 10 heteroatoms. The first kappa shape index (κ1) is 21.8. The molecule has 9 nitrogen and oxygen atoms in total. The summed E-state index contributed by atoms with van der Waals surface area (Å²) in [6, 6.07) is 10.8. The molecule has 2 atom stereocenters. The number of anilines is 4. The minimum Gasteiger partial charge on any atom is -0.616 e. The van der Waals surface area contributed by atoms with Gasteiger partial charge in [-0.25, -0.2) is 4.98 Å². The van der Waals surface area contributed by atoms with Crippen molar-refractivity contribution in [3.05, 3.63) is 41.6 Å². The van der Waals surface area contributed by atoms with Crippen LogP contribution in [0.25, 0.3) is 5.65 Å². The molecule has 1 saturated heterocycles. The molecule has 0 amide bonds. The molecular formula is C23H28N8OS. The molecule has 1 aliphatic carbocycles. The van der Waals surface area contributed by atoms with Crippen LogP contribution in [0.15, 0.2) is 30.5 Å². The fourth-order valence-corrected chi connectivity index (χ4v) is 5.00. The van der Waals surface area contributed by atoms with Crippen molar-refractivity contribution in [2.24, 2.45) is 5.73 Å². The molecular weight excluding hydrogens is 436 g/mol. The monoisotopic (exact) mass is 464 g/mol. The highest BCUT2D eigenvalue weighted by Crippen LogP contribution is 2.31. The summed E-state index contributed by atoms with van der Waals surface area (Å²) in [6.07, 6.45) is 7.60. The maximum atomic E-state index is 12.1. The SMILES string of the molecule is C[S@@+]([O-])Cc1cc(Nc2cc(NC3CC3)n3ncc(C#N)c3n2)ccc1N1CCC[C@@H](N)C1. The largest absolute Gasteiger partial charge is 0.616 e. The van der Waals surface area contributed by atoms with E-state index in [-0.39, 0.29) is 6.04 Å². The number of rotatable bonds is 7. The number of piperidine rings is 1. The van der Waals surface area contributed by atoms with Crippen molar-refractivity contribution in [2.75, 3.05) is 34.9 Å². The van der Waals surface area contributed by atoms with Gasteiger partial charge in [0.15, 0.2) is 5.65 Å². The van der Waals surface area contributed by atoms with E-state index in [1.165, 1.54) is 6.20 Å². The van der Waals surface area contributed by atoms with E-state index < -0.39 is 11.2 Å². The van der Waals surface area contributed by atoms with Crippen LogP contribution >= 0.6 is 0 Å².